The third-order valence-electron chi connectivity index (χ3n) is 4.70. The van der Waals surface area contributed by atoms with E-state index < -0.39 is 0 Å². The zero-order valence-electron chi connectivity index (χ0n) is 12.7. The third-order valence-corrected chi connectivity index (χ3v) is 4.70. The average molecular weight is 290 g/mol. The van der Waals surface area contributed by atoms with Crippen molar-refractivity contribution in [2.75, 3.05) is 0 Å². The van der Waals surface area contributed by atoms with Crippen LogP contribution in [0.25, 0.3) is 0 Å². The minimum Gasteiger partial charge on any atom is -0.319 e. The van der Waals surface area contributed by atoms with Crippen LogP contribution in [0.2, 0.25) is 0 Å². The number of amides is 1. The molecule has 1 heterocycles. The predicted molar refractivity (Wildman–Crippen MR) is 80.0 cm³/mol. The first-order valence-corrected chi connectivity index (χ1v) is 7.95. The number of benzene rings is 1. The van der Waals surface area contributed by atoms with Gasteiger partial charge in [0.15, 0.2) is 0 Å². The fourth-order valence-corrected chi connectivity index (χ4v) is 3.29. The maximum absolute atomic E-state index is 13.1. The van der Waals surface area contributed by atoms with Gasteiger partial charge < -0.3 is 4.90 Å². The van der Waals surface area contributed by atoms with Crippen molar-refractivity contribution in [3.8, 4) is 0 Å². The molecule has 1 aromatic rings. The highest BCUT2D eigenvalue weighted by Gasteiger charge is 2.45. The Morgan fingerprint density at radius 1 is 1.33 bits per heavy atom. The Bertz CT molecular complexity index is 512. The van der Waals surface area contributed by atoms with Crippen molar-refractivity contribution in [1.82, 2.24) is 10.2 Å². The first kappa shape index (κ1) is 14.5. The molecule has 3 rings (SSSR count). The highest BCUT2D eigenvalue weighted by Crippen LogP contribution is 2.40. The fourth-order valence-electron chi connectivity index (χ4n) is 3.29. The smallest absolute Gasteiger partial charge is 0.241 e. The maximum atomic E-state index is 13.1. The molecule has 114 valence electrons. The molecule has 0 aromatic heterocycles. The molecular weight excluding hydrogens is 267 g/mol. The van der Waals surface area contributed by atoms with Crippen LogP contribution in [-0.4, -0.2) is 22.9 Å². The molecule has 4 heteroatoms. The van der Waals surface area contributed by atoms with Crippen molar-refractivity contribution in [1.29, 1.82) is 0 Å². The van der Waals surface area contributed by atoms with E-state index in [1.807, 2.05) is 4.90 Å². The second-order valence-electron chi connectivity index (χ2n) is 6.29. The summed E-state index contributed by atoms with van der Waals surface area (Å²) >= 11 is 0. The Morgan fingerprint density at radius 2 is 2.00 bits per heavy atom. The summed E-state index contributed by atoms with van der Waals surface area (Å²) in [6, 6.07) is 6.64. The zero-order valence-corrected chi connectivity index (χ0v) is 12.7. The summed E-state index contributed by atoms with van der Waals surface area (Å²) < 4.78 is 13.1. The van der Waals surface area contributed by atoms with E-state index in [0.717, 1.165) is 18.4 Å². The van der Waals surface area contributed by atoms with Crippen LogP contribution in [-0.2, 0) is 4.79 Å². The molecule has 0 bridgehead atoms. The lowest BCUT2D eigenvalue weighted by Crippen LogP contribution is -2.39. The van der Waals surface area contributed by atoms with Gasteiger partial charge in [-0.3, -0.25) is 10.1 Å². The summed E-state index contributed by atoms with van der Waals surface area (Å²) in [4.78, 5) is 14.7. The van der Waals surface area contributed by atoms with E-state index in [-0.39, 0.29) is 30.0 Å². The van der Waals surface area contributed by atoms with Crippen molar-refractivity contribution < 1.29 is 9.18 Å². The van der Waals surface area contributed by atoms with Crippen LogP contribution in [0, 0.1) is 11.7 Å². The summed E-state index contributed by atoms with van der Waals surface area (Å²) in [5.41, 5.74) is 0.968. The molecule has 2 fully saturated rings. The van der Waals surface area contributed by atoms with Crippen LogP contribution in [0.3, 0.4) is 0 Å². The zero-order chi connectivity index (χ0) is 15.0. The molecule has 0 spiro atoms. The SMILES string of the molecule is CCCC1NC(c2ccc(F)cc2)N(C(C)C2CC2)C1=O. The quantitative estimate of drug-likeness (QED) is 0.903. The highest BCUT2D eigenvalue weighted by molar-refractivity contribution is 5.85. The molecule has 1 saturated heterocycles. The molecule has 1 aromatic carbocycles. The summed E-state index contributed by atoms with van der Waals surface area (Å²) in [7, 11) is 0. The van der Waals surface area contributed by atoms with E-state index in [2.05, 4.69) is 19.2 Å². The van der Waals surface area contributed by atoms with E-state index in [1.54, 1.807) is 12.1 Å². The van der Waals surface area contributed by atoms with Crippen molar-refractivity contribution in [3.63, 3.8) is 0 Å². The molecular formula is C17H23FN2O. The van der Waals surface area contributed by atoms with Gasteiger partial charge in [-0.15, -0.1) is 0 Å². The van der Waals surface area contributed by atoms with E-state index in [4.69, 9.17) is 0 Å². The van der Waals surface area contributed by atoms with Crippen LogP contribution < -0.4 is 5.32 Å². The van der Waals surface area contributed by atoms with Gasteiger partial charge in [-0.05, 0) is 49.8 Å². The Labute approximate surface area is 125 Å². The molecule has 2 aliphatic rings. The standard InChI is InChI=1S/C17H23FN2O/c1-3-4-15-17(21)20(11(2)12-5-6-12)16(19-15)13-7-9-14(18)10-8-13/h7-12,15-16,19H,3-6H2,1-2H3. The van der Waals surface area contributed by atoms with Crippen molar-refractivity contribution in [2.45, 2.75) is 57.8 Å². The van der Waals surface area contributed by atoms with Gasteiger partial charge in [-0.25, -0.2) is 4.39 Å². The molecule has 3 atom stereocenters. The summed E-state index contributed by atoms with van der Waals surface area (Å²) in [6.45, 7) is 4.23. The lowest BCUT2D eigenvalue weighted by molar-refractivity contribution is -0.132. The van der Waals surface area contributed by atoms with Gasteiger partial charge in [0.1, 0.15) is 12.0 Å². The monoisotopic (exact) mass is 290 g/mol. The highest BCUT2D eigenvalue weighted by atomic mass is 19.1. The van der Waals surface area contributed by atoms with Gasteiger partial charge in [0.25, 0.3) is 0 Å². The lowest BCUT2D eigenvalue weighted by atomic mass is 10.1. The van der Waals surface area contributed by atoms with Crippen LogP contribution >= 0.6 is 0 Å². The van der Waals surface area contributed by atoms with E-state index in [9.17, 15) is 9.18 Å². The number of rotatable bonds is 5. The first-order valence-electron chi connectivity index (χ1n) is 7.95. The molecule has 21 heavy (non-hydrogen) atoms. The van der Waals surface area contributed by atoms with E-state index >= 15 is 0 Å². The fraction of sp³-hybridized carbons (Fsp3) is 0.588. The van der Waals surface area contributed by atoms with Gasteiger partial charge in [-0.2, -0.15) is 0 Å². The van der Waals surface area contributed by atoms with Crippen LogP contribution in [0.5, 0.6) is 0 Å². The number of hydrogen-bond donors (Lipinski definition) is 1. The topological polar surface area (TPSA) is 32.3 Å². The number of nitrogens with zero attached hydrogens (tertiary/aromatic N) is 1. The van der Waals surface area contributed by atoms with Crippen molar-refractivity contribution >= 4 is 5.91 Å². The minimum absolute atomic E-state index is 0.105. The Hall–Kier alpha value is -1.42. The van der Waals surface area contributed by atoms with E-state index in [1.165, 1.54) is 25.0 Å². The number of halogens is 1. The van der Waals surface area contributed by atoms with Gasteiger partial charge in [-0.1, -0.05) is 25.5 Å². The largest absolute Gasteiger partial charge is 0.319 e. The Balaban J connectivity index is 1.87. The van der Waals surface area contributed by atoms with Gasteiger partial charge >= 0.3 is 0 Å². The number of carbonyl (C=O) groups excluding carboxylic acids is 1. The second-order valence-corrected chi connectivity index (χ2v) is 6.29. The molecule has 3 nitrogen and oxygen atoms in total. The molecule has 3 unspecified atom stereocenters. The van der Waals surface area contributed by atoms with Gasteiger partial charge in [0.2, 0.25) is 5.91 Å². The molecule has 1 aliphatic heterocycles. The number of nitrogens with one attached hydrogen (secondary N) is 1. The normalized spacial score (nSPS) is 27.2. The Morgan fingerprint density at radius 3 is 2.57 bits per heavy atom. The van der Waals surface area contributed by atoms with Crippen LogP contribution in [0.15, 0.2) is 24.3 Å². The minimum atomic E-state index is -0.241. The Kier molecular flexibility index (Phi) is 3.98. The van der Waals surface area contributed by atoms with Gasteiger partial charge in [0, 0.05) is 6.04 Å². The summed E-state index contributed by atoms with van der Waals surface area (Å²) in [6.07, 6.45) is 4.12. The van der Waals surface area contributed by atoms with Gasteiger partial charge in [0.05, 0.1) is 6.04 Å². The second kappa shape index (κ2) is 5.76. The maximum Gasteiger partial charge on any atom is 0.241 e. The lowest BCUT2D eigenvalue weighted by Gasteiger charge is -2.30. The third kappa shape index (κ3) is 2.82. The predicted octanol–water partition coefficient (Wildman–Crippen LogP) is 3.22. The van der Waals surface area contributed by atoms with Crippen molar-refractivity contribution in [2.24, 2.45) is 5.92 Å². The van der Waals surface area contributed by atoms with Crippen molar-refractivity contribution in [3.05, 3.63) is 35.6 Å². The molecule has 1 amide bonds. The van der Waals surface area contributed by atoms with Crippen LogP contribution in [0.1, 0.15) is 51.3 Å². The molecule has 1 aliphatic carbocycles. The van der Waals surface area contributed by atoms with E-state index in [0.29, 0.717) is 5.92 Å². The number of carbonyl (C=O) groups is 1. The van der Waals surface area contributed by atoms with Crippen LogP contribution in [0.4, 0.5) is 4.39 Å². The summed E-state index contributed by atoms with van der Waals surface area (Å²) in [5, 5.41) is 3.44. The first-order chi connectivity index (χ1) is 10.1. The molecule has 1 N–H and O–H groups in total. The summed E-state index contributed by atoms with van der Waals surface area (Å²) in [5.74, 6) is 0.583. The average Bonchev–Trinajstić information content (AvgIpc) is 3.26. The molecule has 0 radical (unpaired) electrons. The number of hydrogen-bond acceptors (Lipinski definition) is 2. The molecule has 1 saturated carbocycles.